The van der Waals surface area contributed by atoms with Crippen molar-refractivity contribution in [1.29, 1.82) is 0 Å². The Morgan fingerprint density at radius 2 is 1.14 bits per heavy atom. The van der Waals surface area contributed by atoms with Crippen LogP contribution in [0.3, 0.4) is 0 Å². The van der Waals surface area contributed by atoms with Crippen LogP contribution in [0.15, 0.2) is 41.5 Å². The molecule has 0 fully saturated rings. The predicted molar refractivity (Wildman–Crippen MR) is 131 cm³/mol. The molecule has 0 N–H and O–H groups in total. The molecular weight excluding hydrogens is 352 g/mol. The van der Waals surface area contributed by atoms with Gasteiger partial charge in [0.15, 0.2) is 0 Å². The molecule has 0 aliphatic heterocycles. The third-order valence-corrected chi connectivity index (χ3v) is 10.8. The summed E-state index contributed by atoms with van der Waals surface area (Å²) >= 11 is 0. The smallest absolute Gasteiger partial charge is 0.0685 e. The maximum absolute atomic E-state index is 2.59. The lowest BCUT2D eigenvalue weighted by Gasteiger charge is -2.33. The molecule has 156 valence electrons. The van der Waals surface area contributed by atoms with Crippen molar-refractivity contribution >= 4 is 13.3 Å². The Kier molecular flexibility index (Phi) is 9.27. The summed E-state index contributed by atoms with van der Waals surface area (Å²) < 4.78 is 0. The number of hydrogen-bond donors (Lipinski definition) is 0. The molecule has 0 unspecified atom stereocenters. The van der Waals surface area contributed by atoms with E-state index in [0.717, 1.165) is 0 Å². The highest BCUT2D eigenvalue weighted by molar-refractivity contribution is 6.92. The minimum atomic E-state index is -1.58. The molecule has 0 nitrogen and oxygen atoms in total. The predicted octanol–water partition coefficient (Wildman–Crippen LogP) is 8.12. The third kappa shape index (κ3) is 6.21. The average molecular weight is 397 g/mol. The first-order valence-electron chi connectivity index (χ1n) is 11.9. The van der Waals surface area contributed by atoms with Crippen LogP contribution in [0.5, 0.6) is 0 Å². The van der Waals surface area contributed by atoms with E-state index in [-0.39, 0.29) is 0 Å². The molecule has 1 heteroatoms. The van der Waals surface area contributed by atoms with Gasteiger partial charge in [-0.15, -0.1) is 0 Å². The highest BCUT2D eigenvalue weighted by Crippen LogP contribution is 2.40. The number of unbranched alkanes of at least 4 members (excludes halogenated alkanes) is 6. The van der Waals surface area contributed by atoms with Crippen LogP contribution in [0.25, 0.3) is 0 Å². The molecule has 0 aromatic heterocycles. The van der Waals surface area contributed by atoms with Gasteiger partial charge in [-0.3, -0.25) is 0 Å². The zero-order valence-electron chi connectivity index (χ0n) is 19.5. The van der Waals surface area contributed by atoms with Gasteiger partial charge in [-0.1, -0.05) is 112 Å². The van der Waals surface area contributed by atoms with Crippen molar-refractivity contribution in [2.45, 2.75) is 111 Å². The number of benzene rings is 1. The summed E-state index contributed by atoms with van der Waals surface area (Å²) in [6.45, 7) is 14.5. The van der Waals surface area contributed by atoms with E-state index in [2.05, 4.69) is 71.1 Å². The molecule has 0 atom stereocenters. The summed E-state index contributed by atoms with van der Waals surface area (Å²) in [5, 5.41) is 1.68. The van der Waals surface area contributed by atoms with Crippen molar-refractivity contribution in [2.75, 3.05) is 0 Å². The molecule has 0 radical (unpaired) electrons. The van der Waals surface area contributed by atoms with E-state index < -0.39 is 8.07 Å². The quantitative estimate of drug-likeness (QED) is 0.247. The molecule has 0 saturated carbocycles. The molecule has 1 aromatic carbocycles. The fourth-order valence-electron chi connectivity index (χ4n) is 5.05. The Bertz CT molecular complexity index is 629. The van der Waals surface area contributed by atoms with E-state index in [1.807, 2.05) is 0 Å². The minimum Gasteiger partial charge on any atom is -0.0685 e. The summed E-state index contributed by atoms with van der Waals surface area (Å²) in [6, 6.07) is 7.71. The highest BCUT2D eigenvalue weighted by Gasteiger charge is 2.37. The topological polar surface area (TPSA) is 0 Å². The van der Waals surface area contributed by atoms with Gasteiger partial charge in [0.25, 0.3) is 0 Å². The molecule has 28 heavy (non-hydrogen) atoms. The first kappa shape index (κ1) is 23.2. The molecule has 0 amide bonds. The molecule has 2 rings (SSSR count). The van der Waals surface area contributed by atoms with Crippen LogP contribution in [-0.2, 0) is 12.8 Å². The molecular formula is C27H44Si. The van der Waals surface area contributed by atoms with E-state index in [4.69, 9.17) is 0 Å². The number of aryl methyl sites for hydroxylation is 2. The second kappa shape index (κ2) is 11.2. The summed E-state index contributed by atoms with van der Waals surface area (Å²) in [5.41, 5.74) is 7.02. The molecule has 1 aromatic rings. The normalized spacial score (nSPS) is 15.1. The lowest BCUT2D eigenvalue weighted by atomic mass is 10.0. The van der Waals surface area contributed by atoms with Gasteiger partial charge >= 0.3 is 0 Å². The van der Waals surface area contributed by atoms with Crippen molar-refractivity contribution in [1.82, 2.24) is 0 Å². The van der Waals surface area contributed by atoms with Crippen LogP contribution in [0.2, 0.25) is 18.6 Å². The molecule has 0 heterocycles. The lowest BCUT2D eigenvalue weighted by molar-refractivity contribution is 0.661. The van der Waals surface area contributed by atoms with Gasteiger partial charge in [0.2, 0.25) is 0 Å². The fourth-order valence-corrected chi connectivity index (χ4v) is 8.97. The maximum Gasteiger partial charge on any atom is 0.0918 e. The summed E-state index contributed by atoms with van der Waals surface area (Å²) in [7, 11) is -1.58. The Labute approximate surface area is 176 Å². The Hall–Kier alpha value is -1.08. The van der Waals surface area contributed by atoms with Crippen LogP contribution < -0.4 is 5.19 Å². The van der Waals surface area contributed by atoms with Gasteiger partial charge in [0, 0.05) is 5.54 Å². The molecule has 1 aliphatic carbocycles. The molecule has 0 spiro atoms. The standard InChI is InChI=1S/C27H44Si/c1-7-9-11-13-15-24-19-25(16-14-12-10-8-2)21-26(20-24)28(5,6)27-22(3)17-18-23(27)4/h17-21,27H,7-16H2,1-6H3. The summed E-state index contributed by atoms with van der Waals surface area (Å²) in [4.78, 5) is 0. The van der Waals surface area contributed by atoms with E-state index in [1.54, 1.807) is 27.5 Å². The fraction of sp³-hybridized carbons (Fsp3) is 0.630. The van der Waals surface area contributed by atoms with Crippen molar-refractivity contribution in [3.63, 3.8) is 0 Å². The second-order valence-electron chi connectivity index (χ2n) is 9.64. The summed E-state index contributed by atoms with van der Waals surface area (Å²) in [6.07, 6.45) is 18.1. The second-order valence-corrected chi connectivity index (χ2v) is 14.2. The number of rotatable bonds is 12. The third-order valence-electron chi connectivity index (χ3n) is 6.68. The first-order chi connectivity index (χ1) is 13.4. The highest BCUT2D eigenvalue weighted by atomic mass is 28.3. The zero-order valence-corrected chi connectivity index (χ0v) is 20.5. The SMILES string of the molecule is CCCCCCc1cc(CCCCCC)cc([Si](C)(C)C2C(C)=CC=C2C)c1. The van der Waals surface area contributed by atoms with Gasteiger partial charge in [0.1, 0.15) is 0 Å². The Morgan fingerprint density at radius 1 is 0.679 bits per heavy atom. The average Bonchev–Trinajstić information content (AvgIpc) is 3.01. The Morgan fingerprint density at radius 3 is 1.57 bits per heavy atom. The van der Waals surface area contributed by atoms with Crippen molar-refractivity contribution in [3.05, 3.63) is 52.6 Å². The van der Waals surface area contributed by atoms with Gasteiger partial charge in [-0.05, 0) is 50.7 Å². The van der Waals surface area contributed by atoms with Crippen molar-refractivity contribution in [3.8, 4) is 0 Å². The van der Waals surface area contributed by atoms with Gasteiger partial charge < -0.3 is 0 Å². The molecule has 0 bridgehead atoms. The minimum absolute atomic E-state index is 0.677. The number of hydrogen-bond acceptors (Lipinski definition) is 0. The van der Waals surface area contributed by atoms with Gasteiger partial charge in [-0.2, -0.15) is 0 Å². The van der Waals surface area contributed by atoms with E-state index in [0.29, 0.717) is 5.54 Å². The van der Waals surface area contributed by atoms with E-state index in [9.17, 15) is 0 Å². The van der Waals surface area contributed by atoms with Crippen LogP contribution in [0.4, 0.5) is 0 Å². The van der Waals surface area contributed by atoms with Gasteiger partial charge in [0.05, 0.1) is 8.07 Å². The monoisotopic (exact) mass is 396 g/mol. The molecule has 1 aliphatic rings. The molecule has 0 saturated heterocycles. The Balaban J connectivity index is 2.24. The largest absolute Gasteiger partial charge is 0.0918 e. The van der Waals surface area contributed by atoms with Crippen LogP contribution in [0, 0.1) is 0 Å². The van der Waals surface area contributed by atoms with Crippen molar-refractivity contribution < 1.29 is 0 Å². The first-order valence-corrected chi connectivity index (χ1v) is 15.0. The maximum atomic E-state index is 2.59. The van der Waals surface area contributed by atoms with Crippen molar-refractivity contribution in [2.24, 2.45) is 0 Å². The van der Waals surface area contributed by atoms with Crippen LogP contribution in [-0.4, -0.2) is 8.07 Å². The lowest BCUT2D eigenvalue weighted by Crippen LogP contribution is -2.46. The zero-order chi connectivity index (χ0) is 20.6. The van der Waals surface area contributed by atoms with E-state index >= 15 is 0 Å². The number of allylic oxidation sites excluding steroid dienone is 4. The van der Waals surface area contributed by atoms with Crippen LogP contribution >= 0.6 is 0 Å². The van der Waals surface area contributed by atoms with Crippen LogP contribution in [0.1, 0.15) is 90.2 Å². The van der Waals surface area contributed by atoms with E-state index in [1.165, 1.54) is 64.2 Å². The summed E-state index contributed by atoms with van der Waals surface area (Å²) in [5.74, 6) is 0. The van der Waals surface area contributed by atoms with Gasteiger partial charge in [-0.25, -0.2) is 0 Å².